The summed E-state index contributed by atoms with van der Waals surface area (Å²) in [6, 6.07) is 6.43. The Kier molecular flexibility index (Phi) is 11.1. The molecule has 0 heterocycles. The average Bonchev–Trinajstić information content (AvgIpc) is 2.73. The lowest BCUT2D eigenvalue weighted by molar-refractivity contribution is -0.146. The smallest absolute Gasteiger partial charge is 0.328 e. The van der Waals surface area contributed by atoms with Gasteiger partial charge in [0.15, 0.2) is 0 Å². The second-order valence-electron chi connectivity index (χ2n) is 6.53. The van der Waals surface area contributed by atoms with Gasteiger partial charge in [-0.3, -0.25) is 14.4 Å². The molecule has 0 saturated heterocycles. The van der Waals surface area contributed by atoms with Gasteiger partial charge >= 0.3 is 11.9 Å². The molecule has 0 saturated carbocycles. The normalized spacial score (nSPS) is 11.3. The quantitative estimate of drug-likeness (QED) is 0.393. The van der Waals surface area contributed by atoms with E-state index in [9.17, 15) is 19.2 Å². The topological polar surface area (TPSA) is 108 Å². The highest BCUT2D eigenvalue weighted by molar-refractivity contribution is 5.85. The van der Waals surface area contributed by atoms with Gasteiger partial charge in [0.1, 0.15) is 17.6 Å². The maximum absolute atomic E-state index is 12.1. The molecule has 1 aromatic carbocycles. The van der Waals surface area contributed by atoms with Gasteiger partial charge in [-0.25, -0.2) is 4.79 Å². The van der Waals surface area contributed by atoms with Crippen molar-refractivity contribution in [3.8, 4) is 5.75 Å². The first-order chi connectivity index (χ1) is 13.9. The number of carbonyl (C=O) groups excluding carboxylic acids is 4. The van der Waals surface area contributed by atoms with Crippen molar-refractivity contribution in [1.82, 2.24) is 5.32 Å². The van der Waals surface area contributed by atoms with E-state index in [1.54, 1.807) is 7.11 Å². The number of carbonyl (C=O) groups is 4. The van der Waals surface area contributed by atoms with Crippen LogP contribution in [0.25, 0.3) is 0 Å². The van der Waals surface area contributed by atoms with Crippen LogP contribution in [0.15, 0.2) is 24.3 Å². The molecule has 1 aromatic rings. The van der Waals surface area contributed by atoms with Crippen LogP contribution < -0.4 is 10.1 Å². The fraction of sp³-hybridized carbons (Fsp3) is 0.524. The van der Waals surface area contributed by atoms with E-state index in [2.05, 4.69) is 14.8 Å². The monoisotopic (exact) mass is 407 g/mol. The Bertz CT molecular complexity index is 685. The molecule has 0 aliphatic heterocycles. The van der Waals surface area contributed by atoms with E-state index in [1.807, 2.05) is 24.3 Å². The van der Waals surface area contributed by atoms with Crippen LogP contribution in [0.4, 0.5) is 0 Å². The molecule has 29 heavy (non-hydrogen) atoms. The van der Waals surface area contributed by atoms with Crippen molar-refractivity contribution in [2.24, 2.45) is 0 Å². The molecule has 1 rings (SSSR count). The molecule has 0 unspecified atom stereocenters. The van der Waals surface area contributed by atoms with Crippen LogP contribution in [-0.2, 0) is 35.1 Å². The van der Waals surface area contributed by atoms with Crippen LogP contribution >= 0.6 is 0 Å². The molecule has 0 bridgehead atoms. The van der Waals surface area contributed by atoms with Crippen molar-refractivity contribution < 1.29 is 33.4 Å². The summed E-state index contributed by atoms with van der Waals surface area (Å²) in [6.45, 7) is 0. The van der Waals surface area contributed by atoms with Crippen molar-refractivity contribution in [3.05, 3.63) is 29.8 Å². The second-order valence-corrected chi connectivity index (χ2v) is 6.53. The Morgan fingerprint density at radius 2 is 1.55 bits per heavy atom. The summed E-state index contributed by atoms with van der Waals surface area (Å²) in [5.74, 6) is -0.571. The number of hydrogen-bond acceptors (Lipinski definition) is 7. The molecule has 1 N–H and O–H groups in total. The van der Waals surface area contributed by atoms with E-state index in [1.165, 1.54) is 14.2 Å². The molecule has 1 amide bonds. The zero-order valence-electron chi connectivity index (χ0n) is 17.2. The van der Waals surface area contributed by atoms with Gasteiger partial charge in [0.05, 0.1) is 21.3 Å². The van der Waals surface area contributed by atoms with Crippen molar-refractivity contribution >= 4 is 23.6 Å². The number of unbranched alkanes of at least 4 members (excludes halogenated alkanes) is 1. The summed E-state index contributed by atoms with van der Waals surface area (Å²) >= 11 is 0. The number of rotatable bonds is 13. The fourth-order valence-corrected chi connectivity index (χ4v) is 2.69. The third-order valence-corrected chi connectivity index (χ3v) is 4.36. The molecule has 0 radical (unpaired) electrons. The number of Topliss-reactive ketones (excluding diaryl/α,β-unsaturated/α-hetero) is 1. The van der Waals surface area contributed by atoms with E-state index >= 15 is 0 Å². The maximum atomic E-state index is 12.1. The predicted octanol–water partition coefficient (Wildman–Crippen LogP) is 1.98. The van der Waals surface area contributed by atoms with Gasteiger partial charge in [-0.1, -0.05) is 12.1 Å². The Morgan fingerprint density at radius 3 is 2.14 bits per heavy atom. The van der Waals surface area contributed by atoms with Crippen LogP contribution in [0.1, 0.15) is 44.1 Å². The van der Waals surface area contributed by atoms with E-state index < -0.39 is 18.0 Å². The lowest BCUT2D eigenvalue weighted by Crippen LogP contribution is -2.41. The van der Waals surface area contributed by atoms with Crippen molar-refractivity contribution in [3.63, 3.8) is 0 Å². The van der Waals surface area contributed by atoms with Crippen LogP contribution in [0, 0.1) is 0 Å². The van der Waals surface area contributed by atoms with E-state index in [-0.39, 0.29) is 31.0 Å². The summed E-state index contributed by atoms with van der Waals surface area (Å²) in [5, 5.41) is 2.57. The lowest BCUT2D eigenvalue weighted by Gasteiger charge is -2.16. The highest BCUT2D eigenvalue weighted by atomic mass is 16.5. The molecule has 0 spiro atoms. The summed E-state index contributed by atoms with van der Waals surface area (Å²) in [5.41, 5.74) is 0.917. The van der Waals surface area contributed by atoms with E-state index in [4.69, 9.17) is 4.74 Å². The van der Waals surface area contributed by atoms with Crippen LogP contribution in [-0.4, -0.2) is 51.0 Å². The zero-order valence-corrected chi connectivity index (χ0v) is 17.2. The van der Waals surface area contributed by atoms with E-state index in [0.717, 1.165) is 11.3 Å². The fourth-order valence-electron chi connectivity index (χ4n) is 2.69. The van der Waals surface area contributed by atoms with Crippen LogP contribution in [0.2, 0.25) is 0 Å². The molecule has 0 aliphatic rings. The summed E-state index contributed by atoms with van der Waals surface area (Å²) in [4.78, 5) is 47.1. The van der Waals surface area contributed by atoms with Gasteiger partial charge in [-0.2, -0.15) is 0 Å². The van der Waals surface area contributed by atoms with Gasteiger partial charge in [-0.05, 0) is 37.0 Å². The van der Waals surface area contributed by atoms with Crippen molar-refractivity contribution in [2.45, 2.75) is 51.0 Å². The van der Waals surface area contributed by atoms with Gasteiger partial charge in [0, 0.05) is 25.7 Å². The minimum Gasteiger partial charge on any atom is -0.497 e. The largest absolute Gasteiger partial charge is 0.497 e. The molecule has 160 valence electrons. The second kappa shape index (κ2) is 13.3. The standard InChI is InChI=1S/C21H29NO7/c1-27-17-10-8-15(9-11-17)14-16(23)6-4-5-7-19(24)22-18(21(26)29-3)12-13-20(25)28-2/h8-11,18H,4-7,12-14H2,1-3H3,(H,22,24)/t18-/m0/s1. The first-order valence-corrected chi connectivity index (χ1v) is 9.48. The summed E-state index contributed by atoms with van der Waals surface area (Å²) in [6.07, 6.45) is 2.10. The number of ketones is 1. The first kappa shape index (κ1) is 24.1. The number of hydrogen-bond donors (Lipinski definition) is 1. The van der Waals surface area contributed by atoms with Crippen molar-refractivity contribution in [2.75, 3.05) is 21.3 Å². The van der Waals surface area contributed by atoms with Gasteiger partial charge in [-0.15, -0.1) is 0 Å². The number of methoxy groups -OCH3 is 3. The molecular weight excluding hydrogens is 378 g/mol. The Morgan fingerprint density at radius 1 is 0.897 bits per heavy atom. The molecule has 0 aliphatic carbocycles. The first-order valence-electron chi connectivity index (χ1n) is 9.48. The Hall–Kier alpha value is -2.90. The molecular formula is C21H29NO7. The summed E-state index contributed by atoms with van der Waals surface area (Å²) in [7, 11) is 4.06. The molecule has 8 heteroatoms. The number of ether oxygens (including phenoxy) is 3. The maximum Gasteiger partial charge on any atom is 0.328 e. The highest BCUT2D eigenvalue weighted by Crippen LogP contribution is 2.13. The van der Waals surface area contributed by atoms with Gasteiger partial charge in [0.25, 0.3) is 0 Å². The number of nitrogens with one attached hydrogen (secondary N) is 1. The van der Waals surface area contributed by atoms with Crippen LogP contribution in [0.5, 0.6) is 5.75 Å². The average molecular weight is 407 g/mol. The highest BCUT2D eigenvalue weighted by Gasteiger charge is 2.22. The lowest BCUT2D eigenvalue weighted by atomic mass is 10.0. The third-order valence-electron chi connectivity index (χ3n) is 4.36. The number of benzene rings is 1. The zero-order chi connectivity index (χ0) is 21.6. The molecule has 0 aromatic heterocycles. The predicted molar refractivity (Wildman–Crippen MR) is 105 cm³/mol. The Labute approximate surface area is 170 Å². The Balaban J connectivity index is 2.32. The number of amides is 1. The SMILES string of the molecule is COC(=O)CC[C@H](NC(=O)CCCCC(=O)Cc1ccc(OC)cc1)C(=O)OC. The third kappa shape index (κ3) is 9.73. The van der Waals surface area contributed by atoms with E-state index in [0.29, 0.717) is 25.7 Å². The molecule has 0 fully saturated rings. The van der Waals surface area contributed by atoms with Crippen molar-refractivity contribution in [1.29, 1.82) is 0 Å². The minimum absolute atomic E-state index is 0.00356. The molecule has 1 atom stereocenters. The summed E-state index contributed by atoms with van der Waals surface area (Å²) < 4.78 is 14.3. The minimum atomic E-state index is -0.900. The van der Waals surface area contributed by atoms with Crippen LogP contribution in [0.3, 0.4) is 0 Å². The molecule has 8 nitrogen and oxygen atoms in total. The van der Waals surface area contributed by atoms with Gasteiger partial charge < -0.3 is 19.5 Å². The number of esters is 2. The van der Waals surface area contributed by atoms with Gasteiger partial charge in [0.2, 0.25) is 5.91 Å².